The molecule has 1 heterocycles. The van der Waals surface area contributed by atoms with Gasteiger partial charge in [-0.3, -0.25) is 4.79 Å². The molecule has 0 aromatic heterocycles. The molecule has 4 heteroatoms. The van der Waals surface area contributed by atoms with Crippen molar-refractivity contribution in [1.29, 1.82) is 0 Å². The molecular formula is C21H38O4. The number of carbonyl (C=O) groups is 1. The Kier molecular flexibility index (Phi) is 6.94. The zero-order valence-electron chi connectivity index (χ0n) is 17.1. The highest BCUT2D eigenvalue weighted by Gasteiger charge is 2.42. The first-order chi connectivity index (χ1) is 11.6. The van der Waals surface area contributed by atoms with E-state index in [2.05, 4.69) is 34.6 Å². The molecule has 0 spiro atoms. The molecule has 1 aliphatic heterocycles. The van der Waals surface area contributed by atoms with E-state index in [4.69, 9.17) is 14.2 Å². The third-order valence-electron chi connectivity index (χ3n) is 5.85. The minimum Gasteiger partial charge on any atom is -0.462 e. The molecule has 0 N–H and O–H groups in total. The Morgan fingerprint density at radius 1 is 1.12 bits per heavy atom. The van der Waals surface area contributed by atoms with Crippen LogP contribution in [0.4, 0.5) is 0 Å². The van der Waals surface area contributed by atoms with E-state index in [1.54, 1.807) is 0 Å². The largest absolute Gasteiger partial charge is 0.462 e. The summed E-state index contributed by atoms with van der Waals surface area (Å²) in [4.78, 5) is 12.8. The average Bonchev–Trinajstić information content (AvgIpc) is 3.00. The van der Waals surface area contributed by atoms with Gasteiger partial charge in [0.05, 0.1) is 12.0 Å². The summed E-state index contributed by atoms with van der Waals surface area (Å²) >= 11 is 0. The molecule has 25 heavy (non-hydrogen) atoms. The quantitative estimate of drug-likeness (QED) is 0.633. The third kappa shape index (κ3) is 5.68. The van der Waals surface area contributed by atoms with E-state index >= 15 is 0 Å². The normalized spacial score (nSPS) is 28.1. The molecule has 1 saturated heterocycles. The van der Waals surface area contributed by atoms with Gasteiger partial charge in [-0.25, -0.2) is 0 Å². The van der Waals surface area contributed by atoms with Gasteiger partial charge in [0.1, 0.15) is 12.7 Å². The molecule has 1 aliphatic carbocycles. The molecule has 0 aromatic carbocycles. The summed E-state index contributed by atoms with van der Waals surface area (Å²) in [6.45, 7) is 13.6. The van der Waals surface area contributed by atoms with Crippen LogP contribution in [-0.2, 0) is 19.0 Å². The van der Waals surface area contributed by atoms with Crippen LogP contribution in [0.3, 0.4) is 0 Å². The zero-order chi connectivity index (χ0) is 18.7. The Labute approximate surface area is 154 Å². The van der Waals surface area contributed by atoms with Crippen molar-refractivity contribution < 1.29 is 19.0 Å². The predicted molar refractivity (Wildman–Crippen MR) is 99.2 cm³/mol. The van der Waals surface area contributed by atoms with E-state index in [0.29, 0.717) is 19.1 Å². The molecule has 2 fully saturated rings. The number of hydrogen-bond acceptors (Lipinski definition) is 4. The van der Waals surface area contributed by atoms with Crippen molar-refractivity contribution in [3.05, 3.63) is 0 Å². The summed E-state index contributed by atoms with van der Waals surface area (Å²) in [7, 11) is 0. The topological polar surface area (TPSA) is 44.8 Å². The molecule has 0 radical (unpaired) electrons. The maximum atomic E-state index is 12.8. The Morgan fingerprint density at radius 2 is 1.76 bits per heavy atom. The first-order valence-corrected chi connectivity index (χ1v) is 10.1. The lowest BCUT2D eigenvalue weighted by atomic mass is 9.69. The maximum Gasteiger partial charge on any atom is 0.312 e. The lowest BCUT2D eigenvalue weighted by molar-refractivity contribution is -0.165. The molecule has 0 amide bonds. The van der Waals surface area contributed by atoms with Crippen molar-refractivity contribution in [1.82, 2.24) is 0 Å². The fraction of sp³-hybridized carbons (Fsp3) is 0.952. The van der Waals surface area contributed by atoms with Crippen LogP contribution in [0, 0.1) is 22.7 Å². The minimum atomic E-state index is -0.472. The van der Waals surface area contributed by atoms with Crippen molar-refractivity contribution >= 4 is 5.97 Å². The van der Waals surface area contributed by atoms with Gasteiger partial charge in [-0.2, -0.15) is 0 Å². The Bertz CT molecular complexity index is 434. The molecule has 1 saturated carbocycles. The lowest BCUT2D eigenvalue weighted by Gasteiger charge is -2.37. The molecule has 2 aliphatic rings. The summed E-state index contributed by atoms with van der Waals surface area (Å²) in [5, 5.41) is 0. The number of esters is 1. The van der Waals surface area contributed by atoms with Gasteiger partial charge < -0.3 is 14.2 Å². The van der Waals surface area contributed by atoms with Gasteiger partial charge in [0.15, 0.2) is 6.29 Å². The number of ether oxygens (including phenoxy) is 3. The number of rotatable bonds is 6. The average molecular weight is 355 g/mol. The second-order valence-corrected chi connectivity index (χ2v) is 9.77. The van der Waals surface area contributed by atoms with Crippen molar-refractivity contribution in [2.45, 2.75) is 92.5 Å². The van der Waals surface area contributed by atoms with Gasteiger partial charge in [-0.1, -0.05) is 53.9 Å². The Balaban J connectivity index is 1.84. The van der Waals surface area contributed by atoms with Crippen LogP contribution < -0.4 is 0 Å². The highest BCUT2D eigenvalue weighted by atomic mass is 16.7. The number of carbonyl (C=O) groups excluding carboxylic acids is 1. The van der Waals surface area contributed by atoms with E-state index in [9.17, 15) is 4.79 Å². The fourth-order valence-electron chi connectivity index (χ4n) is 4.16. The molecule has 2 rings (SSSR count). The molecule has 146 valence electrons. The Hall–Kier alpha value is -0.610. The van der Waals surface area contributed by atoms with E-state index in [1.165, 1.54) is 32.1 Å². The van der Waals surface area contributed by atoms with Gasteiger partial charge >= 0.3 is 5.97 Å². The SMILES string of the molecule is CC(C)C(C)(CC(C)(C)C)C(=O)OCC1COC(C2CCCCC2)O1. The molecule has 0 aromatic rings. The van der Waals surface area contributed by atoms with Gasteiger partial charge in [0.2, 0.25) is 0 Å². The molecular weight excluding hydrogens is 316 g/mol. The van der Waals surface area contributed by atoms with E-state index in [1.807, 2.05) is 6.92 Å². The molecule has 4 nitrogen and oxygen atoms in total. The summed E-state index contributed by atoms with van der Waals surface area (Å²) in [6, 6.07) is 0. The second kappa shape index (κ2) is 8.39. The van der Waals surface area contributed by atoms with E-state index in [0.717, 1.165) is 6.42 Å². The van der Waals surface area contributed by atoms with Crippen molar-refractivity contribution in [2.24, 2.45) is 22.7 Å². The highest BCUT2D eigenvalue weighted by molar-refractivity contribution is 5.76. The highest BCUT2D eigenvalue weighted by Crippen LogP contribution is 2.40. The summed E-state index contributed by atoms with van der Waals surface area (Å²) in [5.41, 5.74) is -0.391. The van der Waals surface area contributed by atoms with Crippen molar-refractivity contribution in [3.8, 4) is 0 Å². The zero-order valence-corrected chi connectivity index (χ0v) is 17.1. The van der Waals surface area contributed by atoms with Crippen LogP contribution in [-0.4, -0.2) is 31.6 Å². The van der Waals surface area contributed by atoms with E-state index < -0.39 is 5.41 Å². The Morgan fingerprint density at radius 3 is 2.32 bits per heavy atom. The minimum absolute atomic E-state index is 0.0804. The van der Waals surface area contributed by atoms with Crippen LogP contribution in [0.2, 0.25) is 0 Å². The van der Waals surface area contributed by atoms with Crippen LogP contribution in [0.25, 0.3) is 0 Å². The van der Waals surface area contributed by atoms with Crippen molar-refractivity contribution in [2.75, 3.05) is 13.2 Å². The third-order valence-corrected chi connectivity index (χ3v) is 5.85. The molecule has 3 unspecified atom stereocenters. The van der Waals surface area contributed by atoms with Crippen molar-refractivity contribution in [3.63, 3.8) is 0 Å². The molecule has 3 atom stereocenters. The van der Waals surface area contributed by atoms with Gasteiger partial charge in [-0.15, -0.1) is 0 Å². The summed E-state index contributed by atoms with van der Waals surface area (Å²) < 4.78 is 17.6. The monoisotopic (exact) mass is 354 g/mol. The fourth-order valence-corrected chi connectivity index (χ4v) is 4.16. The summed E-state index contributed by atoms with van der Waals surface area (Å²) in [5.74, 6) is 0.633. The van der Waals surface area contributed by atoms with Crippen LogP contribution in [0.15, 0.2) is 0 Å². The molecule has 0 bridgehead atoms. The first kappa shape index (κ1) is 20.7. The van der Waals surface area contributed by atoms with E-state index in [-0.39, 0.29) is 29.7 Å². The van der Waals surface area contributed by atoms with Crippen LogP contribution in [0.5, 0.6) is 0 Å². The van der Waals surface area contributed by atoms with Crippen LogP contribution >= 0.6 is 0 Å². The predicted octanol–water partition coefficient (Wildman–Crippen LogP) is 4.95. The van der Waals surface area contributed by atoms with Gasteiger partial charge in [-0.05, 0) is 37.5 Å². The second-order valence-electron chi connectivity index (χ2n) is 9.77. The first-order valence-electron chi connectivity index (χ1n) is 10.1. The smallest absolute Gasteiger partial charge is 0.312 e. The maximum absolute atomic E-state index is 12.8. The summed E-state index contributed by atoms with van der Waals surface area (Å²) in [6.07, 6.45) is 6.83. The van der Waals surface area contributed by atoms with Crippen LogP contribution in [0.1, 0.15) is 80.1 Å². The van der Waals surface area contributed by atoms with Gasteiger partial charge in [0.25, 0.3) is 0 Å². The standard InChI is InChI=1S/C21H38O4/c1-15(2)21(6,14-20(3,4)5)19(22)24-13-17-12-23-18(25-17)16-10-8-7-9-11-16/h15-18H,7-14H2,1-6H3. The number of hydrogen-bond donors (Lipinski definition) is 0. The van der Waals surface area contributed by atoms with Gasteiger partial charge in [0, 0.05) is 5.92 Å². The lowest BCUT2D eigenvalue weighted by Crippen LogP contribution is -2.39.